The number of piperidine rings is 1. The number of Topliss-reactive ketones (excluding diaryl/α,β-unsaturated/α-hetero) is 1. The van der Waals surface area contributed by atoms with Crippen LogP contribution in [-0.4, -0.2) is 48.4 Å². The number of amides is 1. The van der Waals surface area contributed by atoms with Crippen LogP contribution in [0.4, 0.5) is 34.9 Å². The third-order valence-corrected chi connectivity index (χ3v) is 9.90. The van der Waals surface area contributed by atoms with E-state index in [1.165, 1.54) is 42.7 Å². The first-order valence-corrected chi connectivity index (χ1v) is 15.9. The van der Waals surface area contributed by atoms with Crippen molar-refractivity contribution >= 4 is 50.5 Å². The molecule has 3 N–H and O–H groups in total. The van der Waals surface area contributed by atoms with Crippen LogP contribution in [0.25, 0.3) is 0 Å². The Balaban J connectivity index is 1.22. The summed E-state index contributed by atoms with van der Waals surface area (Å²) >= 11 is 6.21. The number of nitrogens with zero attached hydrogens (tertiary/aromatic N) is 2. The molecule has 2 heterocycles. The summed E-state index contributed by atoms with van der Waals surface area (Å²) in [6.45, 7) is 1.32. The highest BCUT2D eigenvalue weighted by atomic mass is 35.5. The first-order valence-electron chi connectivity index (χ1n) is 13.9. The Labute approximate surface area is 266 Å². The smallest absolute Gasteiger partial charge is 0.324 e. The molecule has 3 aromatic carbocycles. The lowest BCUT2D eigenvalue weighted by Gasteiger charge is -2.22. The summed E-state index contributed by atoms with van der Waals surface area (Å²) in [6.07, 6.45) is -1.00. The second-order valence-corrected chi connectivity index (χ2v) is 13.1. The fourth-order valence-corrected chi connectivity index (χ4v) is 6.82. The predicted octanol–water partition coefficient (Wildman–Crippen LogP) is 6.23. The first-order chi connectivity index (χ1) is 21.8. The van der Waals surface area contributed by atoms with E-state index >= 15 is 0 Å². The molecule has 1 amide bonds. The van der Waals surface area contributed by atoms with Crippen molar-refractivity contribution in [3.63, 3.8) is 0 Å². The van der Waals surface area contributed by atoms with Crippen molar-refractivity contribution in [2.24, 2.45) is 0 Å². The summed E-state index contributed by atoms with van der Waals surface area (Å²) in [5.74, 6) is -2.55. The fraction of sp³-hybridized carbons (Fsp3) is 0.226. The number of sulfone groups is 1. The van der Waals surface area contributed by atoms with Crippen molar-refractivity contribution in [2.75, 3.05) is 23.7 Å². The maximum absolute atomic E-state index is 14.2. The second-order valence-electron chi connectivity index (χ2n) is 10.5. The largest absolute Gasteiger partial charge is 0.416 e. The molecule has 0 unspecified atom stereocenters. The van der Waals surface area contributed by atoms with Crippen molar-refractivity contribution in [3.8, 4) is 0 Å². The number of rotatable bonds is 9. The molecule has 0 radical (unpaired) electrons. The van der Waals surface area contributed by atoms with Gasteiger partial charge < -0.3 is 16.0 Å². The number of halogens is 5. The Kier molecular flexibility index (Phi) is 9.70. The molecule has 1 aromatic heterocycles. The van der Waals surface area contributed by atoms with Crippen LogP contribution in [0.2, 0.25) is 5.02 Å². The van der Waals surface area contributed by atoms with Gasteiger partial charge in [-0.25, -0.2) is 22.8 Å². The molecule has 1 fully saturated rings. The van der Waals surface area contributed by atoms with E-state index in [-0.39, 0.29) is 33.5 Å². The van der Waals surface area contributed by atoms with E-state index in [9.17, 15) is 35.6 Å². The van der Waals surface area contributed by atoms with Gasteiger partial charge in [0.05, 0.1) is 26.3 Å². The average molecular weight is 676 g/mol. The van der Waals surface area contributed by atoms with Gasteiger partial charge in [-0.1, -0.05) is 11.6 Å². The highest BCUT2D eigenvalue weighted by molar-refractivity contribution is 7.92. The summed E-state index contributed by atoms with van der Waals surface area (Å²) in [7, 11) is -3.44. The van der Waals surface area contributed by atoms with Gasteiger partial charge in [-0.2, -0.15) is 13.2 Å². The third kappa shape index (κ3) is 7.69. The van der Waals surface area contributed by atoms with E-state index in [2.05, 4.69) is 25.9 Å². The topological polar surface area (TPSA) is 130 Å². The van der Waals surface area contributed by atoms with Crippen LogP contribution in [-0.2, 0) is 22.4 Å². The zero-order chi connectivity index (χ0) is 33.1. The molecule has 1 aliphatic heterocycles. The van der Waals surface area contributed by atoms with E-state index in [4.69, 9.17) is 11.6 Å². The Morgan fingerprint density at radius 1 is 0.913 bits per heavy atom. The maximum Gasteiger partial charge on any atom is 0.416 e. The van der Waals surface area contributed by atoms with Gasteiger partial charge in [0.1, 0.15) is 5.82 Å². The highest BCUT2D eigenvalue weighted by Crippen LogP contribution is 2.31. The number of alkyl halides is 3. The van der Waals surface area contributed by atoms with E-state index < -0.39 is 49.9 Å². The molecular weight excluding hydrogens is 650 g/mol. The standard InChI is InChI=1S/C31H26ClF4N5O4S/c32-26-7-4-21(40-29(43)25-14-19(31(34,35)36)1-8-27(25)33)15-24(26)28(42)13-18-16-38-30(39-17-18)41-20-2-5-22(6-3-20)46(44,45)23-9-11-37-12-10-23/h1-8,14-17,23,37H,9-13H2,(H,40,43)(H,38,39,41). The number of ketones is 1. The second kappa shape index (κ2) is 13.5. The van der Waals surface area contributed by atoms with Crippen molar-refractivity contribution < 1.29 is 35.6 Å². The minimum absolute atomic E-state index is 0.00529. The number of benzene rings is 3. The molecule has 0 aliphatic carbocycles. The molecule has 240 valence electrons. The minimum atomic E-state index is -4.77. The Hall–Kier alpha value is -4.40. The van der Waals surface area contributed by atoms with Crippen molar-refractivity contribution in [3.05, 3.63) is 106 Å². The van der Waals surface area contributed by atoms with Crippen LogP contribution in [0, 0.1) is 5.82 Å². The van der Waals surface area contributed by atoms with Crippen LogP contribution in [0.3, 0.4) is 0 Å². The molecule has 0 bridgehead atoms. The molecule has 0 spiro atoms. The number of nitrogens with one attached hydrogen (secondary N) is 3. The molecular formula is C31H26ClF4N5O4S. The van der Waals surface area contributed by atoms with Gasteiger partial charge in [-0.15, -0.1) is 0 Å². The molecule has 1 aliphatic rings. The Bertz CT molecular complexity index is 1870. The zero-order valence-electron chi connectivity index (χ0n) is 23.9. The lowest BCUT2D eigenvalue weighted by atomic mass is 10.0. The summed E-state index contributed by atoms with van der Waals surface area (Å²) in [6, 6.07) is 11.7. The lowest BCUT2D eigenvalue weighted by molar-refractivity contribution is -0.137. The van der Waals surface area contributed by atoms with Crippen molar-refractivity contribution in [1.29, 1.82) is 0 Å². The van der Waals surface area contributed by atoms with E-state index in [0.29, 0.717) is 55.4 Å². The molecule has 4 aromatic rings. The number of carbonyl (C=O) groups is 2. The van der Waals surface area contributed by atoms with E-state index in [1.54, 1.807) is 12.1 Å². The van der Waals surface area contributed by atoms with Crippen LogP contribution in [0.1, 0.15) is 44.7 Å². The zero-order valence-corrected chi connectivity index (χ0v) is 25.4. The maximum atomic E-state index is 14.2. The van der Waals surface area contributed by atoms with Gasteiger partial charge >= 0.3 is 6.18 Å². The van der Waals surface area contributed by atoms with Crippen LogP contribution in [0.5, 0.6) is 0 Å². The average Bonchev–Trinajstić information content (AvgIpc) is 3.03. The molecule has 1 saturated heterocycles. The lowest BCUT2D eigenvalue weighted by Crippen LogP contribution is -2.35. The van der Waals surface area contributed by atoms with E-state index in [0.717, 1.165) is 0 Å². The SMILES string of the molecule is O=C(Nc1ccc(Cl)c(C(=O)Cc2cnc(Nc3ccc(S(=O)(=O)C4CCNCC4)cc3)nc2)c1)c1cc(C(F)(F)F)ccc1F. The van der Waals surface area contributed by atoms with Gasteiger partial charge in [0.15, 0.2) is 15.6 Å². The third-order valence-electron chi connectivity index (χ3n) is 7.30. The van der Waals surface area contributed by atoms with Crippen LogP contribution < -0.4 is 16.0 Å². The van der Waals surface area contributed by atoms with Gasteiger partial charge in [-0.05, 0) is 92.2 Å². The predicted molar refractivity (Wildman–Crippen MR) is 164 cm³/mol. The van der Waals surface area contributed by atoms with Gasteiger partial charge in [0.25, 0.3) is 5.91 Å². The van der Waals surface area contributed by atoms with Crippen LogP contribution in [0.15, 0.2) is 78.0 Å². The van der Waals surface area contributed by atoms with Crippen molar-refractivity contribution in [1.82, 2.24) is 15.3 Å². The normalized spacial score (nSPS) is 14.1. The molecule has 0 atom stereocenters. The monoisotopic (exact) mass is 675 g/mol. The van der Waals surface area contributed by atoms with Gasteiger partial charge in [0.2, 0.25) is 5.95 Å². The highest BCUT2D eigenvalue weighted by Gasteiger charge is 2.32. The molecule has 0 saturated carbocycles. The minimum Gasteiger partial charge on any atom is -0.324 e. The number of hydrogen-bond donors (Lipinski definition) is 3. The molecule has 46 heavy (non-hydrogen) atoms. The molecule has 5 rings (SSSR count). The molecule has 9 nitrogen and oxygen atoms in total. The summed E-state index contributed by atoms with van der Waals surface area (Å²) in [5.41, 5.74) is -1.00. The van der Waals surface area contributed by atoms with Gasteiger partial charge in [-0.3, -0.25) is 9.59 Å². The first kappa shape index (κ1) is 33.0. The molecule has 15 heteroatoms. The number of anilines is 3. The summed E-state index contributed by atoms with van der Waals surface area (Å²) in [4.78, 5) is 34.3. The van der Waals surface area contributed by atoms with Crippen molar-refractivity contribution in [2.45, 2.75) is 35.6 Å². The van der Waals surface area contributed by atoms with Gasteiger partial charge in [0, 0.05) is 35.8 Å². The quantitative estimate of drug-likeness (QED) is 0.141. The Morgan fingerprint density at radius 3 is 2.22 bits per heavy atom. The summed E-state index contributed by atoms with van der Waals surface area (Å²) < 4.78 is 79.1. The number of hydrogen-bond acceptors (Lipinski definition) is 8. The van der Waals surface area contributed by atoms with E-state index in [1.807, 2.05) is 0 Å². The fourth-order valence-electron chi connectivity index (χ4n) is 4.84. The Morgan fingerprint density at radius 2 is 1.57 bits per heavy atom. The number of carbonyl (C=O) groups excluding carboxylic acids is 2. The van der Waals surface area contributed by atoms with Crippen LogP contribution >= 0.6 is 11.6 Å². The summed E-state index contributed by atoms with van der Waals surface area (Å²) in [5, 5.41) is 8.06. The number of aromatic nitrogens is 2.